The molecule has 0 aromatic heterocycles. The van der Waals surface area contributed by atoms with Crippen LogP contribution in [-0.4, -0.2) is 23.9 Å². The number of hydrogen-bond acceptors (Lipinski definition) is 3. The largest absolute Gasteiger partial charge is 0.486 e. The monoisotopic (exact) mass is 311 g/mol. The van der Waals surface area contributed by atoms with E-state index < -0.39 is 0 Å². The Hall–Kier alpha value is -0.770. The molecule has 2 atom stereocenters. The second-order valence-corrected chi connectivity index (χ2v) is 6.21. The number of halogens is 1. The lowest BCUT2D eigenvalue weighted by molar-refractivity contribution is 0.0320. The first-order valence-corrected chi connectivity index (χ1v) is 8.42. The lowest BCUT2D eigenvalue weighted by Crippen LogP contribution is -2.30. The van der Waals surface area contributed by atoms with Crippen molar-refractivity contribution in [1.29, 1.82) is 0 Å². The molecule has 1 saturated carbocycles. The maximum Gasteiger partial charge on any atom is 0.138 e. The lowest BCUT2D eigenvalue weighted by atomic mass is 10.1. The van der Waals surface area contributed by atoms with Gasteiger partial charge < -0.3 is 15.2 Å². The van der Waals surface area contributed by atoms with Crippen molar-refractivity contribution in [3.63, 3.8) is 0 Å². The molecular weight excluding hydrogens is 286 g/mol. The van der Waals surface area contributed by atoms with Crippen LogP contribution in [0.4, 0.5) is 0 Å². The molecule has 1 aromatic rings. The van der Waals surface area contributed by atoms with Crippen molar-refractivity contribution in [2.24, 2.45) is 0 Å². The SMILES string of the molecule is CCCNCc1ccc(OC2CCCCCC2O)c(Cl)c1. The molecule has 2 rings (SSSR count). The van der Waals surface area contributed by atoms with Crippen LogP contribution in [0.3, 0.4) is 0 Å². The van der Waals surface area contributed by atoms with E-state index in [1.54, 1.807) is 0 Å². The van der Waals surface area contributed by atoms with E-state index >= 15 is 0 Å². The molecule has 118 valence electrons. The van der Waals surface area contributed by atoms with Gasteiger partial charge in [-0.25, -0.2) is 0 Å². The van der Waals surface area contributed by atoms with Gasteiger partial charge in [-0.15, -0.1) is 0 Å². The van der Waals surface area contributed by atoms with Crippen LogP contribution in [0.15, 0.2) is 18.2 Å². The van der Waals surface area contributed by atoms with Gasteiger partial charge in [0.15, 0.2) is 0 Å². The second kappa shape index (κ2) is 8.62. The molecule has 2 unspecified atom stereocenters. The molecule has 0 amide bonds. The van der Waals surface area contributed by atoms with Gasteiger partial charge in [-0.2, -0.15) is 0 Å². The molecule has 3 nitrogen and oxygen atoms in total. The third-order valence-corrected chi connectivity index (χ3v) is 4.24. The molecule has 1 aliphatic rings. The van der Waals surface area contributed by atoms with Gasteiger partial charge in [0.2, 0.25) is 0 Å². The Labute approximate surface area is 132 Å². The Kier molecular flexibility index (Phi) is 6.81. The highest BCUT2D eigenvalue weighted by molar-refractivity contribution is 6.32. The van der Waals surface area contributed by atoms with Crippen LogP contribution in [0.25, 0.3) is 0 Å². The molecular formula is C17H26ClNO2. The number of aliphatic hydroxyl groups excluding tert-OH is 1. The summed E-state index contributed by atoms with van der Waals surface area (Å²) in [5.74, 6) is 0.682. The number of nitrogens with one attached hydrogen (secondary N) is 1. The summed E-state index contributed by atoms with van der Waals surface area (Å²) in [6.45, 7) is 3.97. The average Bonchev–Trinajstić information content (AvgIpc) is 2.67. The minimum atomic E-state index is -0.380. The first kappa shape index (κ1) is 16.6. The van der Waals surface area contributed by atoms with Gasteiger partial charge in [-0.05, 0) is 49.9 Å². The number of hydrogen-bond donors (Lipinski definition) is 2. The quantitative estimate of drug-likeness (QED) is 0.618. The number of ether oxygens (including phenoxy) is 1. The third-order valence-electron chi connectivity index (χ3n) is 3.95. The molecule has 0 spiro atoms. The smallest absolute Gasteiger partial charge is 0.138 e. The highest BCUT2D eigenvalue weighted by Crippen LogP contribution is 2.29. The average molecular weight is 312 g/mol. The Morgan fingerprint density at radius 1 is 1.29 bits per heavy atom. The Bertz CT molecular complexity index is 439. The molecule has 0 aliphatic heterocycles. The molecule has 1 aliphatic carbocycles. The van der Waals surface area contributed by atoms with Crippen LogP contribution in [0.1, 0.15) is 51.0 Å². The summed E-state index contributed by atoms with van der Waals surface area (Å²) >= 11 is 6.32. The fourth-order valence-corrected chi connectivity index (χ4v) is 2.96. The van der Waals surface area contributed by atoms with Gasteiger partial charge in [-0.1, -0.05) is 37.4 Å². The zero-order chi connectivity index (χ0) is 15.1. The number of benzene rings is 1. The maximum absolute atomic E-state index is 10.1. The topological polar surface area (TPSA) is 41.5 Å². The molecule has 0 saturated heterocycles. The minimum Gasteiger partial charge on any atom is -0.486 e. The molecule has 0 bridgehead atoms. The zero-order valence-corrected chi connectivity index (χ0v) is 13.5. The van der Waals surface area contributed by atoms with Gasteiger partial charge in [0.25, 0.3) is 0 Å². The van der Waals surface area contributed by atoms with E-state index in [0.717, 1.165) is 50.8 Å². The van der Waals surface area contributed by atoms with E-state index in [1.165, 1.54) is 6.42 Å². The molecule has 4 heteroatoms. The Balaban J connectivity index is 1.96. The van der Waals surface area contributed by atoms with Crippen molar-refractivity contribution < 1.29 is 9.84 Å². The number of rotatable bonds is 6. The summed E-state index contributed by atoms with van der Waals surface area (Å²) in [6.07, 6.45) is 5.69. The van der Waals surface area contributed by atoms with Gasteiger partial charge in [-0.3, -0.25) is 0 Å². The fourth-order valence-electron chi connectivity index (χ4n) is 2.71. The normalized spacial score (nSPS) is 22.8. The van der Waals surface area contributed by atoms with Crippen LogP contribution in [0, 0.1) is 0 Å². The summed E-state index contributed by atoms with van der Waals surface area (Å²) in [7, 11) is 0. The summed E-state index contributed by atoms with van der Waals surface area (Å²) in [4.78, 5) is 0. The van der Waals surface area contributed by atoms with E-state index in [-0.39, 0.29) is 12.2 Å². The standard InChI is InChI=1S/C17H26ClNO2/c1-2-10-19-12-13-8-9-16(14(18)11-13)21-17-7-5-3-4-6-15(17)20/h8-9,11,15,17,19-20H,2-7,10,12H2,1H3. The van der Waals surface area contributed by atoms with E-state index in [4.69, 9.17) is 16.3 Å². The highest BCUT2D eigenvalue weighted by atomic mass is 35.5. The highest BCUT2D eigenvalue weighted by Gasteiger charge is 2.23. The van der Waals surface area contributed by atoms with Crippen LogP contribution in [0.5, 0.6) is 5.75 Å². The van der Waals surface area contributed by atoms with Crippen LogP contribution in [-0.2, 0) is 6.54 Å². The van der Waals surface area contributed by atoms with E-state index in [0.29, 0.717) is 10.8 Å². The minimum absolute atomic E-state index is 0.130. The van der Waals surface area contributed by atoms with Crippen molar-refractivity contribution in [2.75, 3.05) is 6.54 Å². The molecule has 2 N–H and O–H groups in total. The van der Waals surface area contributed by atoms with Crippen LogP contribution >= 0.6 is 11.6 Å². The van der Waals surface area contributed by atoms with Gasteiger partial charge in [0.1, 0.15) is 11.9 Å². The first-order valence-electron chi connectivity index (χ1n) is 8.04. The lowest BCUT2D eigenvalue weighted by Gasteiger charge is -2.22. The molecule has 0 heterocycles. The fraction of sp³-hybridized carbons (Fsp3) is 0.647. The molecule has 21 heavy (non-hydrogen) atoms. The summed E-state index contributed by atoms with van der Waals surface area (Å²) in [6, 6.07) is 5.90. The third kappa shape index (κ3) is 5.17. The van der Waals surface area contributed by atoms with Crippen LogP contribution < -0.4 is 10.1 Å². The zero-order valence-electron chi connectivity index (χ0n) is 12.8. The van der Waals surface area contributed by atoms with Crippen molar-refractivity contribution in [3.8, 4) is 5.75 Å². The van der Waals surface area contributed by atoms with Gasteiger partial charge in [0, 0.05) is 6.54 Å². The molecule has 0 radical (unpaired) electrons. The number of aliphatic hydroxyl groups is 1. The maximum atomic E-state index is 10.1. The van der Waals surface area contributed by atoms with E-state index in [9.17, 15) is 5.11 Å². The van der Waals surface area contributed by atoms with Crippen LogP contribution in [0.2, 0.25) is 5.02 Å². The van der Waals surface area contributed by atoms with E-state index in [1.807, 2.05) is 18.2 Å². The van der Waals surface area contributed by atoms with Crippen molar-refractivity contribution in [2.45, 2.75) is 64.2 Å². The molecule has 1 fully saturated rings. The summed E-state index contributed by atoms with van der Waals surface area (Å²) in [5.41, 5.74) is 1.15. The van der Waals surface area contributed by atoms with Crippen molar-refractivity contribution in [3.05, 3.63) is 28.8 Å². The summed E-state index contributed by atoms with van der Waals surface area (Å²) in [5, 5.41) is 14.1. The predicted molar refractivity (Wildman–Crippen MR) is 87.0 cm³/mol. The summed E-state index contributed by atoms with van der Waals surface area (Å²) < 4.78 is 5.96. The predicted octanol–water partition coefficient (Wildman–Crippen LogP) is 3.91. The van der Waals surface area contributed by atoms with Crippen molar-refractivity contribution >= 4 is 11.6 Å². The van der Waals surface area contributed by atoms with E-state index in [2.05, 4.69) is 12.2 Å². The van der Waals surface area contributed by atoms with Gasteiger partial charge in [0.05, 0.1) is 11.1 Å². The molecule has 1 aromatic carbocycles. The second-order valence-electron chi connectivity index (χ2n) is 5.80. The first-order chi connectivity index (χ1) is 10.2. The Morgan fingerprint density at radius 2 is 2.10 bits per heavy atom. The Morgan fingerprint density at radius 3 is 2.86 bits per heavy atom. The van der Waals surface area contributed by atoms with Gasteiger partial charge >= 0.3 is 0 Å². The van der Waals surface area contributed by atoms with Crippen molar-refractivity contribution in [1.82, 2.24) is 5.32 Å².